The van der Waals surface area contributed by atoms with E-state index >= 15 is 0 Å². The van der Waals surface area contributed by atoms with Gasteiger partial charge in [-0.1, -0.05) is 0 Å². The lowest BCUT2D eigenvalue weighted by atomic mass is 10.2. The van der Waals surface area contributed by atoms with Crippen LogP contribution in [0, 0.1) is 0 Å². The molecule has 0 aromatic heterocycles. The Kier molecular flexibility index (Phi) is 8.65. The zero-order valence-electron chi connectivity index (χ0n) is 16.6. The van der Waals surface area contributed by atoms with E-state index < -0.39 is 14.6 Å². The molecule has 0 saturated carbocycles. The van der Waals surface area contributed by atoms with E-state index in [1.165, 1.54) is 0 Å². The molecule has 2 rings (SSSR count). The van der Waals surface area contributed by atoms with Crippen LogP contribution in [0.4, 0.5) is 0 Å². The third-order valence-corrected chi connectivity index (χ3v) is 7.10. The fourth-order valence-corrected chi connectivity index (χ4v) is 4.26. The highest BCUT2D eigenvalue weighted by molar-refractivity contribution is 14.0. The summed E-state index contributed by atoms with van der Waals surface area (Å²) in [7, 11) is 0.143. The number of ether oxygens (including phenoxy) is 2. The molecule has 0 amide bonds. The van der Waals surface area contributed by atoms with E-state index in [0.717, 1.165) is 11.3 Å². The molecule has 0 aliphatic carbocycles. The first kappa shape index (κ1) is 23.8. The highest BCUT2D eigenvalue weighted by atomic mass is 127. The number of methoxy groups -OCH3 is 2. The van der Waals surface area contributed by atoms with Crippen molar-refractivity contribution in [2.45, 2.75) is 32.1 Å². The zero-order chi connectivity index (χ0) is 19.4. The van der Waals surface area contributed by atoms with Gasteiger partial charge in [-0.2, -0.15) is 0 Å². The molecule has 27 heavy (non-hydrogen) atoms. The SMILES string of the molecule is CCNC(=NCc1ccc(OC)cc1OC)N1CCS(=O)(=O)C(C)(C)C1.I. The van der Waals surface area contributed by atoms with Gasteiger partial charge in [0, 0.05) is 31.3 Å². The third-order valence-electron chi connectivity index (χ3n) is 4.57. The number of nitrogens with one attached hydrogen (secondary N) is 1. The van der Waals surface area contributed by atoms with E-state index in [-0.39, 0.29) is 29.7 Å². The number of rotatable bonds is 5. The van der Waals surface area contributed by atoms with Crippen molar-refractivity contribution in [1.82, 2.24) is 10.2 Å². The molecule has 9 heteroatoms. The lowest BCUT2D eigenvalue weighted by Crippen LogP contribution is -2.57. The monoisotopic (exact) mass is 511 g/mol. The predicted octanol–water partition coefficient (Wildman–Crippen LogP) is 2.30. The normalized spacial score (nSPS) is 18.4. The Labute approximate surface area is 179 Å². The highest BCUT2D eigenvalue weighted by Crippen LogP contribution is 2.26. The fraction of sp³-hybridized carbons (Fsp3) is 0.611. The quantitative estimate of drug-likeness (QED) is 0.372. The summed E-state index contributed by atoms with van der Waals surface area (Å²) >= 11 is 0. The number of guanidine groups is 1. The molecular formula is C18H30IN3O4S. The van der Waals surface area contributed by atoms with Crippen molar-refractivity contribution >= 4 is 39.8 Å². The Morgan fingerprint density at radius 1 is 1.30 bits per heavy atom. The molecule has 1 fully saturated rings. The van der Waals surface area contributed by atoms with Crippen molar-refractivity contribution in [3.05, 3.63) is 23.8 Å². The van der Waals surface area contributed by atoms with Gasteiger partial charge in [-0.3, -0.25) is 0 Å². The average Bonchev–Trinajstić information content (AvgIpc) is 2.61. The van der Waals surface area contributed by atoms with Crippen LogP contribution in [0.15, 0.2) is 23.2 Å². The van der Waals surface area contributed by atoms with Gasteiger partial charge in [0.05, 0.1) is 31.3 Å². The van der Waals surface area contributed by atoms with Gasteiger partial charge in [0.15, 0.2) is 15.8 Å². The summed E-state index contributed by atoms with van der Waals surface area (Å²) in [5.74, 6) is 2.29. The molecule has 7 nitrogen and oxygen atoms in total. The van der Waals surface area contributed by atoms with E-state index in [1.54, 1.807) is 28.1 Å². The standard InChI is InChI=1S/C18H29N3O4S.HI/c1-6-19-17(21-9-10-26(22,23)18(2,3)13-21)20-12-14-7-8-15(24-4)11-16(14)25-5;/h7-8,11H,6,9-10,12-13H2,1-5H3,(H,19,20);1H. The largest absolute Gasteiger partial charge is 0.497 e. The van der Waals surface area contributed by atoms with Crippen LogP contribution in [0.5, 0.6) is 11.5 Å². The summed E-state index contributed by atoms with van der Waals surface area (Å²) in [6.07, 6.45) is 0. The number of sulfone groups is 1. The minimum atomic E-state index is -3.09. The zero-order valence-corrected chi connectivity index (χ0v) is 19.8. The van der Waals surface area contributed by atoms with Crippen LogP contribution in [0.3, 0.4) is 0 Å². The van der Waals surface area contributed by atoms with Gasteiger partial charge < -0.3 is 19.7 Å². The molecule has 1 heterocycles. The van der Waals surface area contributed by atoms with Crippen LogP contribution in [0.2, 0.25) is 0 Å². The molecule has 1 saturated heterocycles. The second-order valence-electron chi connectivity index (χ2n) is 6.85. The molecule has 1 aliphatic rings. The smallest absolute Gasteiger partial charge is 0.194 e. The van der Waals surface area contributed by atoms with Crippen LogP contribution >= 0.6 is 24.0 Å². The molecule has 154 valence electrons. The van der Waals surface area contributed by atoms with Crippen molar-refractivity contribution in [1.29, 1.82) is 0 Å². The molecule has 1 aromatic rings. The van der Waals surface area contributed by atoms with Crippen LogP contribution in [-0.2, 0) is 16.4 Å². The van der Waals surface area contributed by atoms with Gasteiger partial charge in [-0.25, -0.2) is 13.4 Å². The number of hydrogen-bond donors (Lipinski definition) is 1. The summed E-state index contributed by atoms with van der Waals surface area (Å²) in [5, 5.41) is 3.26. The van der Waals surface area contributed by atoms with E-state index in [1.807, 2.05) is 30.0 Å². The van der Waals surface area contributed by atoms with Gasteiger partial charge in [-0.05, 0) is 32.9 Å². The summed E-state index contributed by atoms with van der Waals surface area (Å²) in [4.78, 5) is 6.72. The maximum Gasteiger partial charge on any atom is 0.194 e. The second-order valence-corrected chi connectivity index (χ2v) is 9.59. The maximum atomic E-state index is 12.2. The molecule has 0 spiro atoms. The lowest BCUT2D eigenvalue weighted by molar-refractivity contribution is 0.353. The van der Waals surface area contributed by atoms with Crippen molar-refractivity contribution in [2.75, 3.05) is 39.6 Å². The van der Waals surface area contributed by atoms with Crippen LogP contribution < -0.4 is 14.8 Å². The first-order valence-corrected chi connectivity index (χ1v) is 10.4. The van der Waals surface area contributed by atoms with Crippen molar-refractivity contribution in [2.24, 2.45) is 4.99 Å². The van der Waals surface area contributed by atoms with Gasteiger partial charge in [0.25, 0.3) is 0 Å². The molecule has 1 N–H and O–H groups in total. The average molecular weight is 511 g/mol. The fourth-order valence-electron chi connectivity index (χ4n) is 2.89. The molecule has 1 aromatic carbocycles. The summed E-state index contributed by atoms with van der Waals surface area (Å²) in [5.41, 5.74) is 0.938. The minimum absolute atomic E-state index is 0. The van der Waals surface area contributed by atoms with Gasteiger partial charge in [0.1, 0.15) is 11.5 Å². The number of hydrogen-bond acceptors (Lipinski definition) is 5. The summed E-state index contributed by atoms with van der Waals surface area (Å²) in [6.45, 7) is 7.53. The Morgan fingerprint density at radius 3 is 2.56 bits per heavy atom. The maximum absolute atomic E-state index is 12.2. The van der Waals surface area contributed by atoms with Crippen molar-refractivity contribution < 1.29 is 17.9 Å². The van der Waals surface area contributed by atoms with Crippen LogP contribution in [0.25, 0.3) is 0 Å². The van der Waals surface area contributed by atoms with Gasteiger partial charge >= 0.3 is 0 Å². The Bertz CT molecular complexity index is 766. The number of aliphatic imine (C=N–C) groups is 1. The Morgan fingerprint density at radius 2 is 2.00 bits per heavy atom. The van der Waals surface area contributed by atoms with E-state index in [4.69, 9.17) is 14.5 Å². The molecule has 0 atom stereocenters. The Balaban J connectivity index is 0.00000364. The topological polar surface area (TPSA) is 80.2 Å². The lowest BCUT2D eigenvalue weighted by Gasteiger charge is -2.39. The molecule has 1 aliphatic heterocycles. The molecule has 0 bridgehead atoms. The van der Waals surface area contributed by atoms with Crippen LogP contribution in [0.1, 0.15) is 26.3 Å². The minimum Gasteiger partial charge on any atom is -0.497 e. The molecule has 0 unspecified atom stereocenters. The van der Waals surface area contributed by atoms with E-state index in [0.29, 0.717) is 37.9 Å². The van der Waals surface area contributed by atoms with Gasteiger partial charge in [0.2, 0.25) is 0 Å². The van der Waals surface area contributed by atoms with Crippen molar-refractivity contribution in [3.8, 4) is 11.5 Å². The Hall–Kier alpha value is -1.23. The second kappa shape index (κ2) is 9.81. The number of benzene rings is 1. The number of nitrogens with zero attached hydrogens (tertiary/aromatic N) is 2. The predicted molar refractivity (Wildman–Crippen MR) is 119 cm³/mol. The summed E-state index contributed by atoms with van der Waals surface area (Å²) < 4.78 is 34.3. The first-order chi connectivity index (χ1) is 12.2. The van der Waals surface area contributed by atoms with E-state index in [2.05, 4.69) is 5.32 Å². The molecular weight excluding hydrogens is 481 g/mol. The molecule has 0 radical (unpaired) electrons. The highest BCUT2D eigenvalue weighted by Gasteiger charge is 2.40. The summed E-state index contributed by atoms with van der Waals surface area (Å²) in [6, 6.07) is 5.63. The van der Waals surface area contributed by atoms with E-state index in [9.17, 15) is 8.42 Å². The van der Waals surface area contributed by atoms with Gasteiger partial charge in [-0.15, -0.1) is 24.0 Å². The van der Waals surface area contributed by atoms with Crippen LogP contribution in [-0.4, -0.2) is 63.6 Å². The first-order valence-electron chi connectivity index (χ1n) is 8.70. The number of halogens is 1. The third kappa shape index (κ3) is 5.63. The van der Waals surface area contributed by atoms with Crippen molar-refractivity contribution in [3.63, 3.8) is 0 Å².